The Bertz CT molecular complexity index is 699. The smallest absolute Gasteiger partial charge is 0.241 e. The predicted octanol–water partition coefficient (Wildman–Crippen LogP) is 1.41. The summed E-state index contributed by atoms with van der Waals surface area (Å²) in [5, 5.41) is 0. The molecule has 4 N–H and O–H groups in total. The van der Waals surface area contributed by atoms with Crippen LogP contribution in [0.15, 0.2) is 47.5 Å². The van der Waals surface area contributed by atoms with Crippen LogP contribution in [0.3, 0.4) is 0 Å². The molecule has 7 heteroatoms. The zero-order valence-electron chi connectivity index (χ0n) is 11.7. The van der Waals surface area contributed by atoms with Crippen molar-refractivity contribution < 1.29 is 8.42 Å². The van der Waals surface area contributed by atoms with Gasteiger partial charge in [-0.3, -0.25) is 0 Å². The Morgan fingerprint density at radius 2 is 1.81 bits per heavy atom. The summed E-state index contributed by atoms with van der Waals surface area (Å²) in [5.41, 5.74) is 4.44. The average Bonchev–Trinajstić information content (AvgIpc) is 2.53. The Balaban J connectivity index is 2.09. The van der Waals surface area contributed by atoms with E-state index in [-0.39, 0.29) is 11.4 Å². The molecule has 21 heavy (non-hydrogen) atoms. The van der Waals surface area contributed by atoms with Crippen LogP contribution in [0.25, 0.3) is 0 Å². The van der Waals surface area contributed by atoms with Crippen LogP contribution in [0.5, 0.6) is 0 Å². The highest BCUT2D eigenvalue weighted by Crippen LogP contribution is 2.13. The first-order valence-corrected chi connectivity index (χ1v) is 8.03. The van der Waals surface area contributed by atoms with E-state index in [2.05, 4.69) is 22.1 Å². The number of sulfonamides is 1. The molecule has 0 saturated heterocycles. The van der Waals surface area contributed by atoms with Gasteiger partial charge in [-0.15, -0.1) is 0 Å². The first-order chi connectivity index (χ1) is 10.0. The van der Waals surface area contributed by atoms with Crippen LogP contribution in [0.1, 0.15) is 18.1 Å². The minimum absolute atomic E-state index is 0.121. The van der Waals surface area contributed by atoms with E-state index in [1.807, 2.05) is 24.3 Å². The molecule has 0 aliphatic rings. The lowest BCUT2D eigenvalue weighted by Gasteiger charge is -2.08. The SMILES string of the molecule is CCc1ccc(CNS(=O)(=O)c2ccnc(NN)c2)cc1. The third-order valence-electron chi connectivity index (χ3n) is 3.09. The monoisotopic (exact) mass is 306 g/mol. The number of hydrogen-bond donors (Lipinski definition) is 3. The molecule has 0 radical (unpaired) electrons. The van der Waals surface area contributed by atoms with E-state index in [9.17, 15) is 8.42 Å². The number of anilines is 1. The molecular weight excluding hydrogens is 288 g/mol. The molecule has 2 rings (SSSR count). The number of aromatic nitrogens is 1. The van der Waals surface area contributed by atoms with E-state index in [4.69, 9.17) is 5.84 Å². The minimum Gasteiger partial charge on any atom is -0.308 e. The van der Waals surface area contributed by atoms with E-state index < -0.39 is 10.0 Å². The van der Waals surface area contributed by atoms with Gasteiger partial charge in [0.25, 0.3) is 0 Å². The fraction of sp³-hybridized carbons (Fsp3) is 0.214. The first kappa shape index (κ1) is 15.4. The topological polar surface area (TPSA) is 97.1 Å². The van der Waals surface area contributed by atoms with Crippen molar-refractivity contribution >= 4 is 15.8 Å². The molecule has 1 aromatic heterocycles. The highest BCUT2D eigenvalue weighted by molar-refractivity contribution is 7.89. The summed E-state index contributed by atoms with van der Waals surface area (Å²) in [6, 6.07) is 10.6. The average molecular weight is 306 g/mol. The van der Waals surface area contributed by atoms with Crippen molar-refractivity contribution in [3.8, 4) is 0 Å². The van der Waals surface area contributed by atoms with E-state index in [1.54, 1.807) is 0 Å². The molecule has 0 amide bonds. The molecule has 0 unspecified atom stereocenters. The standard InChI is InChI=1S/C14H18N4O2S/c1-2-11-3-5-12(6-4-11)10-17-21(19,20)13-7-8-16-14(9-13)18-15/h3-9,17H,2,10,15H2,1H3,(H,16,18). The number of benzene rings is 1. The highest BCUT2D eigenvalue weighted by Gasteiger charge is 2.14. The molecule has 1 aromatic carbocycles. The lowest BCUT2D eigenvalue weighted by Crippen LogP contribution is -2.23. The van der Waals surface area contributed by atoms with Gasteiger partial charge < -0.3 is 5.43 Å². The van der Waals surface area contributed by atoms with E-state index >= 15 is 0 Å². The quantitative estimate of drug-likeness (QED) is 0.554. The molecule has 0 saturated carbocycles. The summed E-state index contributed by atoms with van der Waals surface area (Å²) in [4.78, 5) is 4.00. The van der Waals surface area contributed by atoms with Gasteiger partial charge in [-0.2, -0.15) is 0 Å². The summed E-state index contributed by atoms with van der Waals surface area (Å²) >= 11 is 0. The number of aryl methyl sites for hydroxylation is 1. The second-order valence-electron chi connectivity index (χ2n) is 4.52. The second kappa shape index (κ2) is 6.66. The molecule has 1 heterocycles. The van der Waals surface area contributed by atoms with Crippen LogP contribution in [-0.4, -0.2) is 13.4 Å². The van der Waals surface area contributed by atoms with Crippen LogP contribution < -0.4 is 16.0 Å². The third kappa shape index (κ3) is 4.01. The van der Waals surface area contributed by atoms with Crippen molar-refractivity contribution in [1.82, 2.24) is 9.71 Å². The maximum Gasteiger partial charge on any atom is 0.241 e. The summed E-state index contributed by atoms with van der Waals surface area (Å²) in [5.74, 6) is 5.52. The van der Waals surface area contributed by atoms with Gasteiger partial charge >= 0.3 is 0 Å². The largest absolute Gasteiger partial charge is 0.308 e. The van der Waals surface area contributed by atoms with E-state index in [0.29, 0.717) is 5.82 Å². The molecule has 2 aromatic rings. The Kier molecular flexibility index (Phi) is 4.89. The van der Waals surface area contributed by atoms with Gasteiger partial charge in [0, 0.05) is 18.8 Å². The fourth-order valence-corrected chi connectivity index (χ4v) is 2.84. The van der Waals surface area contributed by atoms with E-state index in [1.165, 1.54) is 23.9 Å². The Hall–Kier alpha value is -1.96. The third-order valence-corrected chi connectivity index (χ3v) is 4.49. The van der Waals surface area contributed by atoms with Gasteiger partial charge in [-0.25, -0.2) is 24.0 Å². The molecule has 0 aliphatic carbocycles. The number of nitrogens with one attached hydrogen (secondary N) is 2. The van der Waals surface area contributed by atoms with Gasteiger partial charge in [-0.05, 0) is 23.6 Å². The molecule has 112 valence electrons. The molecule has 0 spiro atoms. The van der Waals surface area contributed by atoms with Crippen molar-refractivity contribution in [3.05, 3.63) is 53.7 Å². The van der Waals surface area contributed by atoms with Gasteiger partial charge in [0.05, 0.1) is 4.90 Å². The van der Waals surface area contributed by atoms with E-state index in [0.717, 1.165) is 12.0 Å². The molecule has 6 nitrogen and oxygen atoms in total. The van der Waals surface area contributed by atoms with Crippen molar-refractivity contribution in [2.24, 2.45) is 5.84 Å². The first-order valence-electron chi connectivity index (χ1n) is 6.55. The Labute approximate surface area is 124 Å². The van der Waals surface area contributed by atoms with Crippen LogP contribution in [0.2, 0.25) is 0 Å². The van der Waals surface area contributed by atoms with Gasteiger partial charge in [0.2, 0.25) is 10.0 Å². The number of pyridine rings is 1. The van der Waals surface area contributed by atoms with Crippen LogP contribution in [-0.2, 0) is 23.0 Å². The number of nitrogens with two attached hydrogens (primary N) is 1. The van der Waals surface area contributed by atoms with Gasteiger partial charge in [0.15, 0.2) is 0 Å². The van der Waals surface area contributed by atoms with Crippen molar-refractivity contribution in [1.29, 1.82) is 0 Å². The van der Waals surface area contributed by atoms with Gasteiger partial charge in [-0.1, -0.05) is 31.2 Å². The molecular formula is C14H18N4O2S. The molecule has 0 fully saturated rings. The molecule has 0 atom stereocenters. The number of nitrogens with zero attached hydrogens (tertiary/aromatic N) is 1. The minimum atomic E-state index is -3.59. The highest BCUT2D eigenvalue weighted by atomic mass is 32.2. The summed E-state index contributed by atoms with van der Waals surface area (Å²) in [7, 11) is -3.59. The summed E-state index contributed by atoms with van der Waals surface area (Å²) in [6.07, 6.45) is 2.34. The number of hydrogen-bond acceptors (Lipinski definition) is 5. The number of hydrazine groups is 1. The van der Waals surface area contributed by atoms with Crippen molar-refractivity contribution in [3.63, 3.8) is 0 Å². The fourth-order valence-electron chi connectivity index (χ4n) is 1.81. The van der Waals surface area contributed by atoms with Crippen LogP contribution in [0.4, 0.5) is 5.82 Å². The maximum atomic E-state index is 12.2. The second-order valence-corrected chi connectivity index (χ2v) is 6.28. The Morgan fingerprint density at radius 3 is 2.43 bits per heavy atom. The number of rotatable bonds is 6. The van der Waals surface area contributed by atoms with Crippen molar-refractivity contribution in [2.75, 3.05) is 5.43 Å². The summed E-state index contributed by atoms with van der Waals surface area (Å²) < 4.78 is 26.9. The Morgan fingerprint density at radius 1 is 1.14 bits per heavy atom. The predicted molar refractivity (Wildman–Crippen MR) is 81.9 cm³/mol. The zero-order chi connectivity index (χ0) is 15.3. The lowest BCUT2D eigenvalue weighted by molar-refractivity contribution is 0.581. The summed E-state index contributed by atoms with van der Waals surface area (Å²) in [6.45, 7) is 2.31. The maximum absolute atomic E-state index is 12.2. The zero-order valence-corrected chi connectivity index (χ0v) is 12.5. The molecule has 0 bridgehead atoms. The van der Waals surface area contributed by atoms with Gasteiger partial charge in [0.1, 0.15) is 5.82 Å². The van der Waals surface area contributed by atoms with Crippen LogP contribution in [0, 0.1) is 0 Å². The molecule has 0 aliphatic heterocycles. The number of nitrogen functional groups attached to an aromatic ring is 1. The lowest BCUT2D eigenvalue weighted by atomic mass is 10.1. The normalized spacial score (nSPS) is 11.3. The van der Waals surface area contributed by atoms with Crippen molar-refractivity contribution in [2.45, 2.75) is 24.8 Å². The van der Waals surface area contributed by atoms with Crippen LogP contribution >= 0.6 is 0 Å².